The third kappa shape index (κ3) is 5.92. The summed E-state index contributed by atoms with van der Waals surface area (Å²) in [5.74, 6) is -0.316. The molecule has 0 saturated heterocycles. The first kappa shape index (κ1) is 25.4. The first-order chi connectivity index (χ1) is 17.4. The number of carboxylic acid groups (broad SMARTS) is 1. The van der Waals surface area contributed by atoms with Gasteiger partial charge in [0.15, 0.2) is 0 Å². The summed E-state index contributed by atoms with van der Waals surface area (Å²) in [6.07, 6.45) is 1.52. The predicted octanol–water partition coefficient (Wildman–Crippen LogP) is 6.41. The number of hydrazone groups is 1. The van der Waals surface area contributed by atoms with Crippen LogP contribution in [0.1, 0.15) is 31.8 Å². The minimum Gasteiger partial charge on any atom is -0.496 e. The SMILES string of the molecule is COc1cc2ccccc2cc1C(=O)N/N=C\c1cc(Br)c(OCc2ccc(C(=O)O)cc2)c(Br)c1. The Bertz CT molecular complexity index is 1450. The van der Waals surface area contributed by atoms with E-state index in [1.165, 1.54) is 25.5 Å². The van der Waals surface area contributed by atoms with Crippen molar-refractivity contribution in [2.24, 2.45) is 5.10 Å². The molecule has 0 aliphatic rings. The van der Waals surface area contributed by atoms with Crippen LogP contribution in [0.15, 0.2) is 86.8 Å². The maximum Gasteiger partial charge on any atom is 0.335 e. The van der Waals surface area contributed by atoms with Crippen molar-refractivity contribution < 1.29 is 24.2 Å². The number of carbonyl (C=O) groups is 2. The average molecular weight is 612 g/mol. The van der Waals surface area contributed by atoms with Crippen molar-refractivity contribution in [3.63, 3.8) is 0 Å². The van der Waals surface area contributed by atoms with Gasteiger partial charge in [-0.1, -0.05) is 36.4 Å². The Kier molecular flexibility index (Phi) is 8.02. The summed E-state index contributed by atoms with van der Waals surface area (Å²) in [6, 6.07) is 21.4. The first-order valence-corrected chi connectivity index (χ1v) is 12.3. The lowest BCUT2D eigenvalue weighted by molar-refractivity contribution is 0.0696. The smallest absolute Gasteiger partial charge is 0.335 e. The molecule has 0 spiro atoms. The first-order valence-electron chi connectivity index (χ1n) is 10.7. The molecule has 1 amide bonds. The van der Waals surface area contributed by atoms with Crippen LogP contribution in [-0.4, -0.2) is 30.3 Å². The molecule has 9 heteroatoms. The number of carboxylic acids is 1. The van der Waals surface area contributed by atoms with Crippen molar-refractivity contribution in [1.82, 2.24) is 5.43 Å². The molecule has 0 radical (unpaired) electrons. The molecule has 2 N–H and O–H groups in total. The molecule has 0 heterocycles. The van der Waals surface area contributed by atoms with Crippen molar-refractivity contribution in [3.8, 4) is 11.5 Å². The molecule has 0 unspecified atom stereocenters. The highest BCUT2D eigenvalue weighted by atomic mass is 79.9. The molecule has 182 valence electrons. The summed E-state index contributed by atoms with van der Waals surface area (Å²) in [4.78, 5) is 23.7. The molecule has 0 atom stereocenters. The number of rotatable bonds is 8. The minimum absolute atomic E-state index is 0.218. The van der Waals surface area contributed by atoms with Gasteiger partial charge in [0.05, 0.1) is 33.4 Å². The third-order valence-electron chi connectivity index (χ3n) is 5.30. The van der Waals surface area contributed by atoms with Gasteiger partial charge in [-0.15, -0.1) is 0 Å². The Labute approximate surface area is 224 Å². The summed E-state index contributed by atoms with van der Waals surface area (Å²) < 4.78 is 12.7. The highest BCUT2D eigenvalue weighted by Gasteiger charge is 2.14. The average Bonchev–Trinajstić information content (AvgIpc) is 2.87. The van der Waals surface area contributed by atoms with E-state index in [9.17, 15) is 9.59 Å². The molecule has 4 aromatic carbocycles. The van der Waals surface area contributed by atoms with Gasteiger partial charge in [-0.25, -0.2) is 10.2 Å². The van der Waals surface area contributed by atoms with E-state index in [1.807, 2.05) is 30.3 Å². The summed E-state index contributed by atoms with van der Waals surface area (Å²) in [5, 5.41) is 15.0. The number of fused-ring (bicyclic) bond motifs is 1. The van der Waals surface area contributed by atoms with Gasteiger partial charge in [-0.05, 0) is 90.2 Å². The monoisotopic (exact) mass is 610 g/mol. The summed E-state index contributed by atoms with van der Waals surface area (Å²) in [7, 11) is 1.52. The molecule has 0 bridgehead atoms. The Morgan fingerprint density at radius 3 is 2.22 bits per heavy atom. The van der Waals surface area contributed by atoms with Crippen LogP contribution >= 0.6 is 31.9 Å². The van der Waals surface area contributed by atoms with E-state index in [0.717, 1.165) is 21.9 Å². The van der Waals surface area contributed by atoms with Crippen LogP contribution in [-0.2, 0) is 6.61 Å². The summed E-state index contributed by atoms with van der Waals surface area (Å²) in [5.41, 5.74) is 4.70. The number of hydrogen-bond acceptors (Lipinski definition) is 5. The lowest BCUT2D eigenvalue weighted by atomic mass is 10.1. The number of benzene rings is 4. The molecule has 36 heavy (non-hydrogen) atoms. The fourth-order valence-corrected chi connectivity index (χ4v) is 4.93. The van der Waals surface area contributed by atoms with Crippen LogP contribution < -0.4 is 14.9 Å². The van der Waals surface area contributed by atoms with Crippen LogP contribution in [0.5, 0.6) is 11.5 Å². The topological polar surface area (TPSA) is 97.2 Å². The van der Waals surface area contributed by atoms with Gasteiger partial charge in [0, 0.05) is 0 Å². The number of methoxy groups -OCH3 is 1. The Morgan fingerprint density at radius 2 is 1.61 bits per heavy atom. The number of nitrogens with one attached hydrogen (secondary N) is 1. The Morgan fingerprint density at radius 1 is 0.972 bits per heavy atom. The van der Waals surface area contributed by atoms with Crippen molar-refractivity contribution >= 4 is 60.7 Å². The third-order valence-corrected chi connectivity index (χ3v) is 6.47. The lowest BCUT2D eigenvalue weighted by Crippen LogP contribution is -2.18. The second-order valence-electron chi connectivity index (χ2n) is 7.70. The van der Waals surface area contributed by atoms with Crippen molar-refractivity contribution in [3.05, 3.63) is 104 Å². The van der Waals surface area contributed by atoms with E-state index >= 15 is 0 Å². The maximum absolute atomic E-state index is 12.7. The van der Waals surface area contributed by atoms with E-state index in [1.54, 1.807) is 30.3 Å². The predicted molar refractivity (Wildman–Crippen MR) is 145 cm³/mol. The fraction of sp³-hybridized carbons (Fsp3) is 0.0741. The number of halogens is 2. The Balaban J connectivity index is 1.43. The van der Waals surface area contributed by atoms with Crippen LogP contribution in [0.2, 0.25) is 0 Å². The van der Waals surface area contributed by atoms with E-state index in [0.29, 0.717) is 26.0 Å². The molecule has 0 aromatic heterocycles. The van der Waals surface area contributed by atoms with Gasteiger partial charge < -0.3 is 14.6 Å². The molecule has 0 saturated carbocycles. The fourth-order valence-electron chi connectivity index (χ4n) is 3.48. The second kappa shape index (κ2) is 11.4. The second-order valence-corrected chi connectivity index (χ2v) is 9.41. The zero-order valence-corrected chi connectivity index (χ0v) is 22.2. The number of amides is 1. The van der Waals surface area contributed by atoms with Gasteiger partial charge in [-0.2, -0.15) is 5.10 Å². The van der Waals surface area contributed by atoms with Crippen LogP contribution in [0.4, 0.5) is 0 Å². The van der Waals surface area contributed by atoms with E-state index in [4.69, 9.17) is 14.6 Å². The highest BCUT2D eigenvalue weighted by Crippen LogP contribution is 2.35. The van der Waals surface area contributed by atoms with Crippen LogP contribution in [0.3, 0.4) is 0 Å². The maximum atomic E-state index is 12.7. The molecular formula is C27H20Br2N2O5. The number of aromatic carboxylic acids is 1. The van der Waals surface area contributed by atoms with Gasteiger partial charge in [-0.3, -0.25) is 4.79 Å². The standard InChI is InChI=1S/C27H20Br2N2O5/c1-35-24-13-20-5-3-2-4-19(20)12-21(24)26(32)31-30-14-17-10-22(28)25(23(29)11-17)36-15-16-6-8-18(9-7-16)27(33)34/h2-14H,15H2,1H3,(H,31,32)(H,33,34)/b30-14-. The van der Waals surface area contributed by atoms with Gasteiger partial charge in [0.1, 0.15) is 18.1 Å². The Hall–Kier alpha value is -3.69. The van der Waals surface area contributed by atoms with E-state index in [-0.39, 0.29) is 18.1 Å². The van der Waals surface area contributed by atoms with Crippen molar-refractivity contribution in [2.45, 2.75) is 6.61 Å². The molecule has 4 rings (SSSR count). The quantitative estimate of drug-likeness (QED) is 0.177. The zero-order chi connectivity index (χ0) is 25.7. The molecule has 0 aliphatic carbocycles. The number of nitrogens with zero attached hydrogens (tertiary/aromatic N) is 1. The van der Waals surface area contributed by atoms with E-state index < -0.39 is 5.97 Å². The van der Waals surface area contributed by atoms with Crippen molar-refractivity contribution in [1.29, 1.82) is 0 Å². The summed E-state index contributed by atoms with van der Waals surface area (Å²) in [6.45, 7) is 0.258. The molecule has 7 nitrogen and oxygen atoms in total. The van der Waals surface area contributed by atoms with Crippen LogP contribution in [0.25, 0.3) is 10.8 Å². The van der Waals surface area contributed by atoms with Crippen LogP contribution in [0, 0.1) is 0 Å². The normalized spacial score (nSPS) is 11.0. The van der Waals surface area contributed by atoms with Crippen molar-refractivity contribution in [2.75, 3.05) is 7.11 Å². The van der Waals surface area contributed by atoms with E-state index in [2.05, 4.69) is 42.4 Å². The highest BCUT2D eigenvalue weighted by molar-refractivity contribution is 9.11. The van der Waals surface area contributed by atoms with Gasteiger partial charge in [0.25, 0.3) is 5.91 Å². The largest absolute Gasteiger partial charge is 0.496 e. The number of ether oxygens (including phenoxy) is 2. The number of hydrogen-bond donors (Lipinski definition) is 2. The van der Waals surface area contributed by atoms with Gasteiger partial charge >= 0.3 is 5.97 Å². The number of carbonyl (C=O) groups excluding carboxylic acids is 1. The zero-order valence-electron chi connectivity index (χ0n) is 19.0. The molecular weight excluding hydrogens is 592 g/mol. The lowest BCUT2D eigenvalue weighted by Gasteiger charge is -2.12. The molecule has 0 aliphatic heterocycles. The molecule has 4 aromatic rings. The molecule has 0 fully saturated rings. The minimum atomic E-state index is -0.974. The van der Waals surface area contributed by atoms with Gasteiger partial charge in [0.2, 0.25) is 0 Å². The summed E-state index contributed by atoms with van der Waals surface area (Å²) >= 11 is 7.01.